The Labute approximate surface area is 193 Å². The van der Waals surface area contributed by atoms with E-state index in [2.05, 4.69) is 43.0 Å². The molecule has 33 heavy (non-hydrogen) atoms. The van der Waals surface area contributed by atoms with Crippen LogP contribution < -0.4 is 4.90 Å². The number of benzene rings is 2. The molecule has 1 fully saturated rings. The standard InChI is InChI=1S/C25H27FN2O4S/c1-18-3-9-22(10-4-18)28-14-13-27(15-19(28)2)25(29)24-12-11-23(32-24)17-33(30,31)16-20-5-7-21(26)8-6-20/h3-12,19H,13-17H2,1-2H3. The molecule has 6 nitrogen and oxygen atoms in total. The first-order valence-corrected chi connectivity index (χ1v) is 12.7. The Balaban J connectivity index is 1.37. The molecule has 2 aromatic carbocycles. The van der Waals surface area contributed by atoms with E-state index in [4.69, 9.17) is 4.42 Å². The molecule has 0 N–H and O–H groups in total. The monoisotopic (exact) mass is 470 g/mol. The summed E-state index contributed by atoms with van der Waals surface area (Å²) in [6, 6.07) is 16.9. The molecular formula is C25H27FN2O4S. The van der Waals surface area contributed by atoms with Crippen molar-refractivity contribution >= 4 is 21.4 Å². The average Bonchev–Trinajstić information content (AvgIpc) is 3.23. The van der Waals surface area contributed by atoms with E-state index in [9.17, 15) is 17.6 Å². The van der Waals surface area contributed by atoms with Crippen molar-refractivity contribution in [1.29, 1.82) is 0 Å². The number of halogens is 1. The number of carbonyl (C=O) groups excluding carboxylic acids is 1. The van der Waals surface area contributed by atoms with Gasteiger partial charge in [-0.15, -0.1) is 0 Å². The van der Waals surface area contributed by atoms with E-state index < -0.39 is 15.7 Å². The van der Waals surface area contributed by atoms with E-state index in [1.54, 1.807) is 4.90 Å². The third-order valence-corrected chi connectivity index (χ3v) is 7.31. The van der Waals surface area contributed by atoms with Gasteiger partial charge in [-0.05, 0) is 55.8 Å². The van der Waals surface area contributed by atoms with Gasteiger partial charge < -0.3 is 14.2 Å². The number of nitrogens with zero attached hydrogens (tertiary/aromatic N) is 2. The zero-order valence-corrected chi connectivity index (χ0v) is 19.5. The molecule has 1 aliphatic rings. The van der Waals surface area contributed by atoms with Crippen LogP contribution in [-0.2, 0) is 21.3 Å². The summed E-state index contributed by atoms with van der Waals surface area (Å²) >= 11 is 0. The van der Waals surface area contributed by atoms with Gasteiger partial charge >= 0.3 is 0 Å². The molecule has 0 spiro atoms. The van der Waals surface area contributed by atoms with Crippen molar-refractivity contribution in [3.05, 3.63) is 89.1 Å². The highest BCUT2D eigenvalue weighted by molar-refractivity contribution is 7.89. The van der Waals surface area contributed by atoms with E-state index in [-0.39, 0.29) is 35.0 Å². The first-order chi connectivity index (χ1) is 15.7. The Morgan fingerprint density at radius 2 is 1.70 bits per heavy atom. The summed E-state index contributed by atoms with van der Waals surface area (Å²) in [5.74, 6) is -0.859. The molecular weight excluding hydrogens is 443 g/mol. The van der Waals surface area contributed by atoms with Crippen molar-refractivity contribution in [1.82, 2.24) is 4.90 Å². The van der Waals surface area contributed by atoms with Gasteiger partial charge in [0.2, 0.25) is 0 Å². The van der Waals surface area contributed by atoms with Crippen LogP contribution >= 0.6 is 0 Å². The normalized spacial score (nSPS) is 16.8. The summed E-state index contributed by atoms with van der Waals surface area (Å²) < 4.78 is 43.7. The van der Waals surface area contributed by atoms with Crippen LogP contribution in [0.5, 0.6) is 0 Å². The van der Waals surface area contributed by atoms with E-state index in [1.165, 1.54) is 42.0 Å². The highest BCUT2D eigenvalue weighted by atomic mass is 32.2. The van der Waals surface area contributed by atoms with E-state index >= 15 is 0 Å². The summed E-state index contributed by atoms with van der Waals surface area (Å²) in [4.78, 5) is 17.0. The molecule has 0 saturated carbocycles. The quantitative estimate of drug-likeness (QED) is 0.540. The number of carbonyl (C=O) groups is 1. The maximum atomic E-state index is 13.0. The van der Waals surface area contributed by atoms with E-state index in [0.29, 0.717) is 25.2 Å². The highest BCUT2D eigenvalue weighted by Crippen LogP contribution is 2.23. The number of piperazine rings is 1. The number of hydrogen-bond donors (Lipinski definition) is 0. The third-order valence-electron chi connectivity index (χ3n) is 5.81. The lowest BCUT2D eigenvalue weighted by Crippen LogP contribution is -2.53. The Bertz CT molecular complexity index is 1220. The number of hydrogen-bond acceptors (Lipinski definition) is 5. The molecule has 1 aromatic heterocycles. The SMILES string of the molecule is Cc1ccc(N2CCN(C(=O)c3ccc(CS(=O)(=O)Cc4ccc(F)cc4)o3)CC2C)cc1. The van der Waals surface area contributed by atoms with Crippen molar-refractivity contribution in [3.8, 4) is 0 Å². The number of sulfone groups is 1. The lowest BCUT2D eigenvalue weighted by Gasteiger charge is -2.41. The van der Waals surface area contributed by atoms with E-state index in [0.717, 1.165) is 5.69 Å². The van der Waals surface area contributed by atoms with Gasteiger partial charge in [0.1, 0.15) is 17.3 Å². The van der Waals surface area contributed by atoms with Gasteiger partial charge in [-0.2, -0.15) is 0 Å². The predicted octanol–water partition coefficient (Wildman–Crippen LogP) is 4.19. The zero-order valence-electron chi connectivity index (χ0n) is 18.7. The Kier molecular flexibility index (Phi) is 6.56. The fourth-order valence-electron chi connectivity index (χ4n) is 4.09. The molecule has 4 rings (SSSR count). The number of amides is 1. The summed E-state index contributed by atoms with van der Waals surface area (Å²) in [6.45, 7) is 5.93. The van der Waals surface area contributed by atoms with Crippen LogP contribution in [-0.4, -0.2) is 44.9 Å². The molecule has 8 heteroatoms. The Morgan fingerprint density at radius 3 is 2.36 bits per heavy atom. The van der Waals surface area contributed by atoms with Crippen molar-refractivity contribution < 1.29 is 22.0 Å². The largest absolute Gasteiger partial charge is 0.455 e. The second-order valence-corrected chi connectivity index (χ2v) is 10.6. The summed E-state index contributed by atoms with van der Waals surface area (Å²) in [5.41, 5.74) is 2.83. The van der Waals surface area contributed by atoms with Gasteiger partial charge in [0.25, 0.3) is 5.91 Å². The minimum absolute atomic E-state index is 0.135. The van der Waals surface area contributed by atoms with Crippen molar-refractivity contribution in [2.45, 2.75) is 31.4 Å². The zero-order chi connectivity index (χ0) is 23.6. The van der Waals surface area contributed by atoms with Gasteiger partial charge in [0, 0.05) is 31.4 Å². The number of furan rings is 1. The molecule has 1 atom stereocenters. The molecule has 1 unspecified atom stereocenters. The topological polar surface area (TPSA) is 70.8 Å². The van der Waals surface area contributed by atoms with Crippen LogP contribution in [0.4, 0.5) is 10.1 Å². The molecule has 1 saturated heterocycles. The first kappa shape index (κ1) is 23.0. The van der Waals surface area contributed by atoms with Crippen molar-refractivity contribution in [2.24, 2.45) is 0 Å². The maximum Gasteiger partial charge on any atom is 0.289 e. The van der Waals surface area contributed by atoms with Gasteiger partial charge in [-0.25, -0.2) is 12.8 Å². The number of rotatable bonds is 6. The highest BCUT2D eigenvalue weighted by Gasteiger charge is 2.29. The van der Waals surface area contributed by atoms with E-state index in [1.807, 2.05) is 0 Å². The molecule has 1 aliphatic heterocycles. The van der Waals surface area contributed by atoms with Gasteiger partial charge in [0.15, 0.2) is 15.6 Å². The van der Waals surface area contributed by atoms with Gasteiger partial charge in [-0.1, -0.05) is 29.8 Å². The summed E-state index contributed by atoms with van der Waals surface area (Å²) in [6.07, 6.45) is 0. The minimum Gasteiger partial charge on any atom is -0.455 e. The summed E-state index contributed by atoms with van der Waals surface area (Å²) in [5, 5.41) is 0. The molecule has 0 radical (unpaired) electrons. The molecule has 0 bridgehead atoms. The van der Waals surface area contributed by atoms with Gasteiger partial charge in [-0.3, -0.25) is 4.79 Å². The fourth-order valence-corrected chi connectivity index (χ4v) is 5.48. The van der Waals surface area contributed by atoms with Crippen LogP contribution in [0.1, 0.15) is 34.4 Å². The second kappa shape index (κ2) is 9.39. The average molecular weight is 471 g/mol. The Hall–Kier alpha value is -3.13. The predicted molar refractivity (Wildman–Crippen MR) is 125 cm³/mol. The molecule has 3 aromatic rings. The van der Waals surface area contributed by atoms with Crippen LogP contribution in [0.15, 0.2) is 65.1 Å². The molecule has 2 heterocycles. The number of aryl methyl sites for hydroxylation is 1. The lowest BCUT2D eigenvalue weighted by molar-refractivity contribution is 0.0692. The molecule has 1 amide bonds. The van der Waals surface area contributed by atoms with Crippen molar-refractivity contribution in [3.63, 3.8) is 0 Å². The van der Waals surface area contributed by atoms with Crippen molar-refractivity contribution in [2.75, 3.05) is 24.5 Å². The van der Waals surface area contributed by atoms with Crippen LogP contribution in [0, 0.1) is 12.7 Å². The fraction of sp³-hybridized carbons (Fsp3) is 0.320. The minimum atomic E-state index is -3.54. The second-order valence-electron chi connectivity index (χ2n) is 8.55. The lowest BCUT2D eigenvalue weighted by atomic mass is 10.1. The molecule has 174 valence electrons. The molecule has 0 aliphatic carbocycles. The number of anilines is 1. The smallest absolute Gasteiger partial charge is 0.289 e. The Morgan fingerprint density at radius 1 is 1.00 bits per heavy atom. The first-order valence-electron chi connectivity index (χ1n) is 10.9. The van der Waals surface area contributed by atoms with Crippen LogP contribution in [0.2, 0.25) is 0 Å². The third kappa shape index (κ3) is 5.63. The maximum absolute atomic E-state index is 13.0. The summed E-state index contributed by atoms with van der Waals surface area (Å²) in [7, 11) is -3.54. The van der Waals surface area contributed by atoms with Crippen LogP contribution in [0.25, 0.3) is 0 Å². The van der Waals surface area contributed by atoms with Gasteiger partial charge in [0.05, 0.1) is 5.75 Å². The van der Waals surface area contributed by atoms with Crippen LogP contribution in [0.3, 0.4) is 0 Å².